The monoisotopic (exact) mass is 254 g/mol. The number of halogens is 1. The number of hydrogen-bond donors (Lipinski definition) is 0. The normalized spacial score (nSPS) is 49.2. The molecule has 5 atom stereocenters. The first-order valence-corrected chi connectivity index (χ1v) is 7.19. The first-order chi connectivity index (χ1) is 6.83. The van der Waals surface area contributed by atoms with Crippen LogP contribution in [0.3, 0.4) is 0 Å². The molecule has 0 nitrogen and oxygen atoms in total. The van der Waals surface area contributed by atoms with E-state index in [1.165, 1.54) is 31.0 Å². The van der Waals surface area contributed by atoms with Crippen LogP contribution in [0.1, 0.15) is 32.1 Å². The van der Waals surface area contributed by atoms with E-state index in [0.29, 0.717) is 0 Å². The third-order valence-electron chi connectivity index (χ3n) is 5.00. The second kappa shape index (κ2) is 3.37. The average Bonchev–Trinajstić information content (AvgIpc) is 2.74. The van der Waals surface area contributed by atoms with Crippen molar-refractivity contribution < 1.29 is 0 Å². The fraction of sp³-hybridized carbons (Fsp3) is 0.846. The van der Waals surface area contributed by atoms with Gasteiger partial charge in [-0.25, -0.2) is 0 Å². The van der Waals surface area contributed by atoms with Crippen molar-refractivity contribution >= 4 is 15.9 Å². The minimum absolute atomic E-state index is 0.910. The molecule has 0 aromatic heterocycles. The van der Waals surface area contributed by atoms with Crippen molar-refractivity contribution in [3.8, 4) is 0 Å². The molecule has 0 spiro atoms. The van der Waals surface area contributed by atoms with Gasteiger partial charge in [0.25, 0.3) is 0 Å². The first kappa shape index (κ1) is 9.45. The van der Waals surface area contributed by atoms with Crippen LogP contribution in [0.2, 0.25) is 0 Å². The molecule has 78 valence electrons. The molecule has 0 amide bonds. The third-order valence-corrected chi connectivity index (χ3v) is 5.56. The van der Waals surface area contributed by atoms with Crippen LogP contribution in [0.5, 0.6) is 0 Å². The predicted molar refractivity (Wildman–Crippen MR) is 63.5 cm³/mol. The lowest BCUT2D eigenvalue weighted by Gasteiger charge is -2.50. The molecule has 1 heteroatoms. The lowest BCUT2D eigenvalue weighted by molar-refractivity contribution is 0.0948. The van der Waals surface area contributed by atoms with Crippen LogP contribution in [0.4, 0.5) is 0 Å². The van der Waals surface area contributed by atoms with Gasteiger partial charge >= 0.3 is 0 Å². The third kappa shape index (κ3) is 1.11. The highest BCUT2D eigenvalue weighted by Gasteiger charge is 2.58. The SMILES string of the molecule is C=C1[C@@H]2[C@H]3CC[C@H](C3)[C@@H]2[C@H]1CCCBr. The summed E-state index contributed by atoms with van der Waals surface area (Å²) in [5.74, 6) is 5.09. The number of hydrogen-bond acceptors (Lipinski definition) is 0. The molecule has 0 unspecified atom stereocenters. The smallest absolute Gasteiger partial charge is 0.00315 e. The largest absolute Gasteiger partial charge is 0.0993 e. The summed E-state index contributed by atoms with van der Waals surface area (Å²) in [6, 6.07) is 0. The Kier molecular flexibility index (Phi) is 2.27. The zero-order chi connectivity index (χ0) is 9.71. The van der Waals surface area contributed by atoms with Gasteiger partial charge in [-0.1, -0.05) is 28.1 Å². The van der Waals surface area contributed by atoms with Gasteiger partial charge in [-0.3, -0.25) is 0 Å². The number of rotatable bonds is 3. The van der Waals surface area contributed by atoms with E-state index in [0.717, 1.165) is 29.6 Å². The van der Waals surface area contributed by atoms with E-state index in [9.17, 15) is 0 Å². The molecular formula is C13H19Br. The van der Waals surface area contributed by atoms with Crippen LogP contribution < -0.4 is 0 Å². The van der Waals surface area contributed by atoms with Crippen LogP contribution in [-0.4, -0.2) is 5.33 Å². The van der Waals surface area contributed by atoms with E-state index < -0.39 is 0 Å². The summed E-state index contributed by atoms with van der Waals surface area (Å²) < 4.78 is 0. The Hall–Kier alpha value is 0.220. The van der Waals surface area contributed by atoms with Crippen LogP contribution >= 0.6 is 15.9 Å². The molecule has 3 rings (SSSR count). The lowest BCUT2D eigenvalue weighted by Crippen LogP contribution is -2.43. The average molecular weight is 255 g/mol. The maximum atomic E-state index is 4.34. The van der Waals surface area contributed by atoms with Crippen molar-refractivity contribution in [3.05, 3.63) is 12.2 Å². The molecule has 0 heterocycles. The topological polar surface area (TPSA) is 0 Å². The second-order valence-electron chi connectivity index (χ2n) is 5.45. The summed E-state index contributed by atoms with van der Waals surface area (Å²) in [4.78, 5) is 0. The highest BCUT2D eigenvalue weighted by molar-refractivity contribution is 9.09. The van der Waals surface area contributed by atoms with E-state index in [2.05, 4.69) is 22.5 Å². The van der Waals surface area contributed by atoms with E-state index in [1.54, 1.807) is 12.0 Å². The maximum Gasteiger partial charge on any atom is 0.00315 e. The van der Waals surface area contributed by atoms with Gasteiger partial charge in [-0.2, -0.15) is 0 Å². The molecular weight excluding hydrogens is 236 g/mol. The molecule has 3 aliphatic carbocycles. The number of allylic oxidation sites excluding steroid dienone is 1. The summed E-state index contributed by atoms with van der Waals surface area (Å²) in [6.45, 7) is 4.34. The fourth-order valence-corrected chi connectivity index (χ4v) is 4.84. The Morgan fingerprint density at radius 1 is 1.29 bits per heavy atom. The van der Waals surface area contributed by atoms with Crippen molar-refractivity contribution in [2.45, 2.75) is 32.1 Å². The van der Waals surface area contributed by atoms with Gasteiger partial charge in [0.1, 0.15) is 0 Å². The van der Waals surface area contributed by atoms with E-state index in [-0.39, 0.29) is 0 Å². The maximum absolute atomic E-state index is 4.34. The van der Waals surface area contributed by atoms with E-state index in [4.69, 9.17) is 0 Å². The van der Waals surface area contributed by atoms with Crippen molar-refractivity contribution in [3.63, 3.8) is 0 Å². The van der Waals surface area contributed by atoms with Gasteiger partial charge in [0.05, 0.1) is 0 Å². The Balaban J connectivity index is 1.70. The molecule has 3 fully saturated rings. The molecule has 0 aromatic rings. The van der Waals surface area contributed by atoms with Gasteiger partial charge in [-0.05, 0) is 61.7 Å². The number of alkyl halides is 1. The van der Waals surface area contributed by atoms with Gasteiger partial charge in [0.15, 0.2) is 0 Å². The first-order valence-electron chi connectivity index (χ1n) is 6.07. The predicted octanol–water partition coefficient (Wildman–Crippen LogP) is 4.01. The quantitative estimate of drug-likeness (QED) is 0.528. The molecule has 0 radical (unpaired) electrons. The Labute approximate surface area is 95.3 Å². The summed E-state index contributed by atoms with van der Waals surface area (Å²) in [5, 5.41) is 1.17. The summed E-state index contributed by atoms with van der Waals surface area (Å²) in [6.07, 6.45) is 7.32. The molecule has 0 aliphatic heterocycles. The summed E-state index contributed by atoms with van der Waals surface area (Å²) in [5.41, 5.74) is 1.63. The minimum Gasteiger partial charge on any atom is -0.0993 e. The molecule has 0 saturated heterocycles. The van der Waals surface area contributed by atoms with Crippen molar-refractivity contribution in [2.24, 2.45) is 29.6 Å². The highest BCUT2D eigenvalue weighted by Crippen LogP contribution is 2.66. The van der Waals surface area contributed by atoms with Crippen LogP contribution in [-0.2, 0) is 0 Å². The molecule has 0 N–H and O–H groups in total. The molecule has 3 aliphatic rings. The Bertz CT molecular complexity index is 258. The standard InChI is InChI=1S/C13H19Br/c1-8-11(3-2-6-14)13-10-5-4-9(7-10)12(8)13/h9-13H,1-7H2/t9-,10+,11-,12+,13+/m0/s1. The Morgan fingerprint density at radius 2 is 2.07 bits per heavy atom. The van der Waals surface area contributed by atoms with Crippen LogP contribution in [0.25, 0.3) is 0 Å². The van der Waals surface area contributed by atoms with E-state index in [1.807, 2.05) is 0 Å². The second-order valence-corrected chi connectivity index (χ2v) is 6.24. The summed E-state index contributed by atoms with van der Waals surface area (Å²) >= 11 is 3.53. The molecule has 0 aromatic carbocycles. The lowest BCUT2D eigenvalue weighted by atomic mass is 9.55. The van der Waals surface area contributed by atoms with Gasteiger partial charge in [0.2, 0.25) is 0 Å². The minimum atomic E-state index is 0.910. The molecule has 14 heavy (non-hydrogen) atoms. The van der Waals surface area contributed by atoms with Crippen LogP contribution in [0.15, 0.2) is 12.2 Å². The zero-order valence-electron chi connectivity index (χ0n) is 8.71. The van der Waals surface area contributed by atoms with Crippen LogP contribution in [0, 0.1) is 29.6 Å². The van der Waals surface area contributed by atoms with Gasteiger partial charge < -0.3 is 0 Å². The zero-order valence-corrected chi connectivity index (χ0v) is 10.3. The molecule has 3 saturated carbocycles. The Morgan fingerprint density at radius 3 is 2.86 bits per heavy atom. The fourth-order valence-electron chi connectivity index (χ4n) is 4.52. The van der Waals surface area contributed by atoms with Crippen molar-refractivity contribution in [1.29, 1.82) is 0 Å². The van der Waals surface area contributed by atoms with Gasteiger partial charge in [0, 0.05) is 5.33 Å². The summed E-state index contributed by atoms with van der Waals surface area (Å²) in [7, 11) is 0. The van der Waals surface area contributed by atoms with E-state index >= 15 is 0 Å². The molecule has 2 bridgehead atoms. The van der Waals surface area contributed by atoms with Crippen molar-refractivity contribution in [2.75, 3.05) is 5.33 Å². The van der Waals surface area contributed by atoms with Gasteiger partial charge in [-0.15, -0.1) is 0 Å². The van der Waals surface area contributed by atoms with Crippen molar-refractivity contribution in [1.82, 2.24) is 0 Å². The highest BCUT2D eigenvalue weighted by atomic mass is 79.9. The number of fused-ring (bicyclic) bond motifs is 5.